The van der Waals surface area contributed by atoms with Gasteiger partial charge in [0, 0.05) is 23.7 Å². The van der Waals surface area contributed by atoms with Crippen LogP contribution in [-0.4, -0.2) is 36.5 Å². The lowest BCUT2D eigenvalue weighted by atomic mass is 9.48. The third-order valence-electron chi connectivity index (χ3n) is 9.24. The first-order valence-electron chi connectivity index (χ1n) is 11.4. The van der Waals surface area contributed by atoms with Gasteiger partial charge in [-0.2, -0.15) is 0 Å². The summed E-state index contributed by atoms with van der Waals surface area (Å²) >= 11 is 0. The van der Waals surface area contributed by atoms with Crippen LogP contribution in [0.5, 0.6) is 0 Å². The number of allylic oxidation sites excluding steroid dienone is 2. The number of carbonyl (C=O) groups is 1. The Labute approximate surface area is 169 Å². The van der Waals surface area contributed by atoms with Crippen LogP contribution < -0.4 is 0 Å². The lowest BCUT2D eigenvalue weighted by molar-refractivity contribution is -0.322. The quantitative estimate of drug-likeness (QED) is 0.539. The number of ether oxygens (including phenoxy) is 2. The average Bonchev–Trinajstić information content (AvgIpc) is 2.99. The molecule has 4 heteroatoms. The van der Waals surface area contributed by atoms with Gasteiger partial charge in [-0.1, -0.05) is 32.4 Å². The van der Waals surface area contributed by atoms with Crippen LogP contribution >= 0.6 is 0 Å². The van der Waals surface area contributed by atoms with Crippen LogP contribution in [0.4, 0.5) is 0 Å². The lowest BCUT2D eigenvalue weighted by Gasteiger charge is -2.58. The summed E-state index contributed by atoms with van der Waals surface area (Å²) in [4.78, 5) is 12.6. The number of hydrogen-bond acceptors (Lipinski definition) is 4. The van der Waals surface area contributed by atoms with Crippen molar-refractivity contribution in [3.63, 3.8) is 0 Å². The van der Waals surface area contributed by atoms with Crippen LogP contribution in [0, 0.1) is 34.0 Å². The molecule has 1 N–H and O–H groups in total. The first-order chi connectivity index (χ1) is 13.2. The predicted molar refractivity (Wildman–Crippen MR) is 107 cm³/mol. The van der Waals surface area contributed by atoms with Gasteiger partial charge in [0.2, 0.25) is 0 Å². The molecule has 28 heavy (non-hydrogen) atoms. The molecule has 3 saturated carbocycles. The molecule has 0 aromatic heterocycles. The minimum Gasteiger partial charge on any atom is -0.393 e. The van der Waals surface area contributed by atoms with E-state index in [1.54, 1.807) is 0 Å². The van der Waals surface area contributed by atoms with Crippen molar-refractivity contribution in [2.75, 3.05) is 13.2 Å². The van der Waals surface area contributed by atoms with Gasteiger partial charge >= 0.3 is 0 Å². The molecular weight excluding hydrogens is 352 g/mol. The summed E-state index contributed by atoms with van der Waals surface area (Å²) in [7, 11) is 0. The molecule has 4 fully saturated rings. The maximum atomic E-state index is 12.6. The highest BCUT2D eigenvalue weighted by atomic mass is 16.7. The van der Waals surface area contributed by atoms with E-state index in [1.165, 1.54) is 11.9 Å². The van der Waals surface area contributed by atoms with Crippen molar-refractivity contribution in [3.05, 3.63) is 11.6 Å². The number of rotatable bonds is 1. The van der Waals surface area contributed by atoms with Gasteiger partial charge in [0.05, 0.1) is 24.7 Å². The predicted octanol–water partition coefficient (Wildman–Crippen LogP) is 4.26. The Morgan fingerprint density at radius 1 is 1.07 bits per heavy atom. The zero-order chi connectivity index (χ0) is 19.8. The zero-order valence-corrected chi connectivity index (χ0v) is 17.7. The third kappa shape index (κ3) is 2.56. The van der Waals surface area contributed by atoms with Crippen LogP contribution in [0.2, 0.25) is 0 Å². The molecule has 1 spiro atoms. The van der Waals surface area contributed by atoms with Crippen LogP contribution in [0.3, 0.4) is 0 Å². The van der Waals surface area contributed by atoms with Crippen molar-refractivity contribution in [2.24, 2.45) is 34.0 Å². The number of aliphatic hydroxyl groups excluding tert-OH is 1. The van der Waals surface area contributed by atoms with E-state index in [9.17, 15) is 9.90 Å². The topological polar surface area (TPSA) is 55.8 Å². The molecule has 6 atom stereocenters. The summed E-state index contributed by atoms with van der Waals surface area (Å²) in [6, 6.07) is 0. The molecule has 156 valence electrons. The molecular formula is C24H36O4. The normalized spacial score (nSPS) is 48.9. The molecule has 4 nitrogen and oxygen atoms in total. The van der Waals surface area contributed by atoms with Gasteiger partial charge in [0.1, 0.15) is 6.29 Å². The standard InChI is InChI=1S/C24H36O4/c1-21(2)14-27-24(28-15-21)11-10-23(13-25)16(12-24)4-5-17-18-6-7-20(26)22(18,3)9-8-19(17)23/h8,13,16-18,20,26H,4-7,9-12,14-15H2,1-3H3. The van der Waals surface area contributed by atoms with E-state index in [4.69, 9.17) is 9.47 Å². The molecule has 6 unspecified atom stereocenters. The van der Waals surface area contributed by atoms with E-state index >= 15 is 0 Å². The summed E-state index contributed by atoms with van der Waals surface area (Å²) in [5, 5.41) is 10.6. The number of aliphatic hydroxyl groups is 1. The van der Waals surface area contributed by atoms with Gasteiger partial charge in [0.25, 0.3) is 0 Å². The zero-order valence-electron chi connectivity index (χ0n) is 17.7. The van der Waals surface area contributed by atoms with Crippen molar-refractivity contribution in [2.45, 2.75) is 84.0 Å². The Hall–Kier alpha value is -0.710. The van der Waals surface area contributed by atoms with E-state index in [1.807, 2.05) is 0 Å². The van der Waals surface area contributed by atoms with Gasteiger partial charge in [-0.25, -0.2) is 0 Å². The van der Waals surface area contributed by atoms with Crippen LogP contribution in [0.15, 0.2) is 11.6 Å². The fraction of sp³-hybridized carbons (Fsp3) is 0.875. The van der Waals surface area contributed by atoms with Gasteiger partial charge < -0.3 is 19.4 Å². The third-order valence-corrected chi connectivity index (χ3v) is 9.24. The lowest BCUT2D eigenvalue weighted by Crippen LogP contribution is -2.57. The SMILES string of the molecule is CC1(C)COC2(CCC3(C=O)C4=CCC5(C)C(O)CCC5C4CCC3C2)OC1. The molecule has 0 bridgehead atoms. The molecule has 1 heterocycles. The van der Waals surface area contributed by atoms with Crippen LogP contribution in [0.25, 0.3) is 0 Å². The Bertz CT molecular complexity index is 687. The van der Waals surface area contributed by atoms with Crippen LogP contribution in [-0.2, 0) is 14.3 Å². The van der Waals surface area contributed by atoms with Crippen molar-refractivity contribution < 1.29 is 19.4 Å². The van der Waals surface area contributed by atoms with Gasteiger partial charge in [-0.05, 0) is 56.3 Å². The van der Waals surface area contributed by atoms with Crippen molar-refractivity contribution in [1.82, 2.24) is 0 Å². The molecule has 5 rings (SSSR count). The second-order valence-electron chi connectivity index (χ2n) is 11.5. The largest absolute Gasteiger partial charge is 0.393 e. The van der Waals surface area contributed by atoms with Crippen molar-refractivity contribution in [1.29, 1.82) is 0 Å². The summed E-state index contributed by atoms with van der Waals surface area (Å²) < 4.78 is 12.6. The number of hydrogen-bond donors (Lipinski definition) is 1. The summed E-state index contributed by atoms with van der Waals surface area (Å²) in [5.74, 6) is 0.836. The van der Waals surface area contributed by atoms with E-state index in [0.29, 0.717) is 17.8 Å². The fourth-order valence-corrected chi connectivity index (χ4v) is 7.39. The first-order valence-corrected chi connectivity index (χ1v) is 11.4. The highest BCUT2D eigenvalue weighted by molar-refractivity contribution is 5.67. The highest BCUT2D eigenvalue weighted by Crippen LogP contribution is 2.65. The Balaban J connectivity index is 1.43. The summed E-state index contributed by atoms with van der Waals surface area (Å²) in [6.45, 7) is 8.10. The first kappa shape index (κ1) is 19.3. The smallest absolute Gasteiger partial charge is 0.168 e. The summed E-state index contributed by atoms with van der Waals surface area (Å²) in [5.41, 5.74) is 1.15. The molecule has 1 aliphatic heterocycles. The minimum atomic E-state index is -0.479. The van der Waals surface area contributed by atoms with E-state index in [2.05, 4.69) is 26.8 Å². The Kier molecular flexibility index (Phi) is 4.23. The fourth-order valence-electron chi connectivity index (χ4n) is 7.39. The Morgan fingerprint density at radius 3 is 2.54 bits per heavy atom. The second-order valence-corrected chi connectivity index (χ2v) is 11.5. The number of carbonyl (C=O) groups excluding carboxylic acids is 1. The second kappa shape index (κ2) is 6.15. The molecule has 5 aliphatic rings. The van der Waals surface area contributed by atoms with Crippen molar-refractivity contribution >= 4 is 6.29 Å². The molecule has 0 aromatic carbocycles. The monoisotopic (exact) mass is 388 g/mol. The van der Waals surface area contributed by atoms with Gasteiger partial charge in [-0.3, -0.25) is 0 Å². The minimum absolute atomic E-state index is 0.00212. The van der Waals surface area contributed by atoms with E-state index < -0.39 is 5.79 Å². The average molecular weight is 389 g/mol. The van der Waals surface area contributed by atoms with Crippen molar-refractivity contribution in [3.8, 4) is 0 Å². The highest BCUT2D eigenvalue weighted by Gasteiger charge is 2.61. The molecule has 0 amide bonds. The summed E-state index contributed by atoms with van der Waals surface area (Å²) in [6.07, 6.45) is 11.1. The van der Waals surface area contributed by atoms with E-state index in [0.717, 1.165) is 64.6 Å². The van der Waals surface area contributed by atoms with Crippen LogP contribution in [0.1, 0.15) is 72.1 Å². The molecule has 0 radical (unpaired) electrons. The molecule has 4 aliphatic carbocycles. The maximum Gasteiger partial charge on any atom is 0.168 e. The van der Waals surface area contributed by atoms with E-state index in [-0.39, 0.29) is 22.3 Å². The Morgan fingerprint density at radius 2 is 1.82 bits per heavy atom. The van der Waals surface area contributed by atoms with Gasteiger partial charge in [-0.15, -0.1) is 0 Å². The van der Waals surface area contributed by atoms with Gasteiger partial charge in [0.15, 0.2) is 5.79 Å². The number of fused-ring (bicyclic) bond motifs is 5. The maximum absolute atomic E-state index is 12.6. The molecule has 1 saturated heterocycles. The molecule has 0 aromatic rings. The number of aldehydes is 1.